The first-order chi connectivity index (χ1) is 17.8. The fraction of sp³-hybridized carbons (Fsp3) is 0.393. The Balaban J connectivity index is 1.07. The second-order valence-electron chi connectivity index (χ2n) is 10.8. The Labute approximate surface area is 215 Å². The van der Waals surface area contributed by atoms with Crippen molar-refractivity contribution in [3.63, 3.8) is 0 Å². The van der Waals surface area contributed by atoms with Crippen LogP contribution >= 0.6 is 0 Å². The van der Waals surface area contributed by atoms with E-state index in [0.29, 0.717) is 48.0 Å². The number of rotatable bonds is 6. The number of fused-ring (bicyclic) bond motifs is 3. The van der Waals surface area contributed by atoms with Crippen LogP contribution in [0.3, 0.4) is 0 Å². The van der Waals surface area contributed by atoms with E-state index in [1.54, 1.807) is 4.90 Å². The number of aromatic amines is 1. The van der Waals surface area contributed by atoms with Crippen molar-refractivity contribution >= 4 is 34.1 Å². The van der Waals surface area contributed by atoms with E-state index in [1.165, 1.54) is 0 Å². The molecule has 0 radical (unpaired) electrons. The lowest BCUT2D eigenvalue weighted by atomic mass is 10.0. The number of piperidine rings is 1. The molecule has 2 unspecified atom stereocenters. The maximum absolute atomic E-state index is 12.3. The lowest BCUT2D eigenvalue weighted by molar-refractivity contribution is 0.0268. The van der Waals surface area contributed by atoms with Crippen molar-refractivity contribution in [1.82, 2.24) is 15.2 Å². The zero-order valence-electron chi connectivity index (χ0n) is 21.2. The molecular formula is C28H31N5O4. The van der Waals surface area contributed by atoms with Crippen molar-refractivity contribution in [1.29, 1.82) is 0 Å². The van der Waals surface area contributed by atoms with Crippen LogP contribution in [-0.2, 0) is 9.57 Å². The van der Waals surface area contributed by atoms with Gasteiger partial charge in [0.05, 0.1) is 11.3 Å². The summed E-state index contributed by atoms with van der Waals surface area (Å²) >= 11 is 0. The van der Waals surface area contributed by atoms with Crippen LogP contribution in [0.4, 0.5) is 10.5 Å². The summed E-state index contributed by atoms with van der Waals surface area (Å²) in [6.07, 6.45) is -0.229. The predicted octanol–water partition coefficient (Wildman–Crippen LogP) is 4.18. The SMILES string of the molecule is CC(C)(C)OC(=O)N1CC2C(C1)C2NCCON=C1C(c2c(O)[nH]c3ccccc23)=Nc2ccccc21. The van der Waals surface area contributed by atoms with E-state index in [4.69, 9.17) is 14.6 Å². The first-order valence-corrected chi connectivity index (χ1v) is 12.7. The van der Waals surface area contributed by atoms with Gasteiger partial charge in [0.2, 0.25) is 0 Å². The molecule has 9 heteroatoms. The van der Waals surface area contributed by atoms with Crippen LogP contribution in [-0.4, -0.2) is 70.4 Å². The van der Waals surface area contributed by atoms with Crippen LogP contribution in [0.2, 0.25) is 0 Å². The quantitative estimate of drug-likeness (QED) is 0.347. The Morgan fingerprint density at radius 3 is 2.68 bits per heavy atom. The van der Waals surface area contributed by atoms with Gasteiger partial charge in [0, 0.05) is 42.1 Å². The van der Waals surface area contributed by atoms with Crippen molar-refractivity contribution in [3.05, 3.63) is 59.7 Å². The minimum atomic E-state index is -0.474. The average molecular weight is 502 g/mol. The van der Waals surface area contributed by atoms with Gasteiger partial charge in [-0.2, -0.15) is 0 Å². The van der Waals surface area contributed by atoms with Crippen LogP contribution in [0.1, 0.15) is 31.9 Å². The van der Waals surface area contributed by atoms with Gasteiger partial charge in [-0.3, -0.25) is 0 Å². The summed E-state index contributed by atoms with van der Waals surface area (Å²) in [6.45, 7) is 8.15. The molecule has 2 atom stereocenters. The van der Waals surface area contributed by atoms with Gasteiger partial charge in [0.25, 0.3) is 0 Å². The third-order valence-corrected chi connectivity index (χ3v) is 7.11. The molecule has 1 amide bonds. The molecule has 3 aliphatic rings. The zero-order valence-corrected chi connectivity index (χ0v) is 21.2. The number of oxime groups is 1. The monoisotopic (exact) mass is 501 g/mol. The van der Waals surface area contributed by atoms with Crippen molar-refractivity contribution in [2.75, 3.05) is 26.2 Å². The van der Waals surface area contributed by atoms with Crippen LogP contribution in [0.25, 0.3) is 10.9 Å². The summed E-state index contributed by atoms with van der Waals surface area (Å²) < 4.78 is 5.48. The first kappa shape index (κ1) is 23.5. The van der Waals surface area contributed by atoms with E-state index in [1.807, 2.05) is 69.3 Å². The lowest BCUT2D eigenvalue weighted by Gasteiger charge is -2.26. The molecular weight excluding hydrogens is 470 g/mol. The van der Waals surface area contributed by atoms with Gasteiger partial charge in [0.1, 0.15) is 23.6 Å². The number of aliphatic imine (C=N–C) groups is 1. The molecule has 0 bridgehead atoms. The Kier molecular flexibility index (Phi) is 5.67. The maximum Gasteiger partial charge on any atom is 0.410 e. The average Bonchev–Trinajstić information content (AvgIpc) is 3.19. The molecule has 1 aliphatic carbocycles. The van der Waals surface area contributed by atoms with Crippen molar-refractivity contribution < 1.29 is 19.5 Å². The number of para-hydroxylation sites is 2. The summed E-state index contributed by atoms with van der Waals surface area (Å²) in [7, 11) is 0. The third-order valence-electron chi connectivity index (χ3n) is 7.11. The number of carbonyl (C=O) groups is 1. The van der Waals surface area contributed by atoms with Crippen LogP contribution in [0, 0.1) is 11.8 Å². The zero-order chi connectivity index (χ0) is 25.7. The van der Waals surface area contributed by atoms with Crippen molar-refractivity contribution in [3.8, 4) is 5.88 Å². The van der Waals surface area contributed by atoms with Gasteiger partial charge < -0.3 is 29.9 Å². The molecule has 1 aromatic heterocycles. The minimum Gasteiger partial charge on any atom is -0.494 e. The predicted molar refractivity (Wildman–Crippen MR) is 142 cm³/mol. The van der Waals surface area contributed by atoms with Gasteiger partial charge in [-0.15, -0.1) is 0 Å². The first-order valence-electron chi connectivity index (χ1n) is 12.7. The maximum atomic E-state index is 12.3. The normalized spacial score (nSPS) is 23.2. The highest BCUT2D eigenvalue weighted by Gasteiger charge is 2.56. The van der Waals surface area contributed by atoms with E-state index in [2.05, 4.69) is 15.5 Å². The summed E-state index contributed by atoms with van der Waals surface area (Å²) in [5.41, 5.74) is 3.83. The topological polar surface area (TPSA) is 112 Å². The molecule has 3 N–H and O–H groups in total. The van der Waals surface area contributed by atoms with E-state index in [0.717, 1.165) is 35.2 Å². The number of nitrogens with one attached hydrogen (secondary N) is 2. The number of ether oxygens (including phenoxy) is 1. The third kappa shape index (κ3) is 4.44. The number of benzene rings is 2. The standard InChI is InChI=1S/C28H31N5O4/c1-28(2,3)37-27(35)33-14-18-19(15-33)23(18)29-12-13-36-32-24-17-9-5-7-11-21(17)30-25(24)22-16-8-4-6-10-20(16)31-26(22)34/h4-11,18-19,23,29,31,34H,12-15H2,1-3H3. The Morgan fingerprint density at radius 1 is 1.16 bits per heavy atom. The molecule has 37 heavy (non-hydrogen) atoms. The molecule has 192 valence electrons. The Hall–Kier alpha value is -3.85. The highest BCUT2D eigenvalue weighted by Crippen LogP contribution is 2.45. The fourth-order valence-electron chi connectivity index (χ4n) is 5.39. The number of H-pyrrole nitrogens is 1. The van der Waals surface area contributed by atoms with Gasteiger partial charge in [-0.05, 0) is 44.7 Å². The summed E-state index contributed by atoms with van der Waals surface area (Å²) in [4.78, 5) is 27.6. The van der Waals surface area contributed by atoms with Crippen molar-refractivity contribution in [2.45, 2.75) is 32.4 Å². The van der Waals surface area contributed by atoms with E-state index < -0.39 is 5.60 Å². The van der Waals surface area contributed by atoms with Crippen LogP contribution < -0.4 is 5.32 Å². The van der Waals surface area contributed by atoms with E-state index >= 15 is 0 Å². The Morgan fingerprint density at radius 2 is 1.89 bits per heavy atom. The largest absolute Gasteiger partial charge is 0.494 e. The van der Waals surface area contributed by atoms with Gasteiger partial charge in [-0.25, -0.2) is 9.79 Å². The molecule has 2 aromatic carbocycles. The molecule has 1 saturated carbocycles. The van der Waals surface area contributed by atoms with Gasteiger partial charge in [-0.1, -0.05) is 41.6 Å². The number of aromatic hydroxyl groups is 1. The molecule has 0 spiro atoms. The van der Waals surface area contributed by atoms with Crippen LogP contribution in [0.5, 0.6) is 5.88 Å². The highest BCUT2D eigenvalue weighted by molar-refractivity contribution is 6.58. The van der Waals surface area contributed by atoms with Crippen molar-refractivity contribution in [2.24, 2.45) is 22.0 Å². The molecule has 1 saturated heterocycles. The summed E-state index contributed by atoms with van der Waals surface area (Å²) in [5, 5.41) is 19.6. The molecule has 3 heterocycles. The number of aromatic nitrogens is 1. The van der Waals surface area contributed by atoms with Gasteiger partial charge >= 0.3 is 6.09 Å². The molecule has 6 rings (SSSR count). The second-order valence-corrected chi connectivity index (χ2v) is 10.8. The summed E-state index contributed by atoms with van der Waals surface area (Å²) in [6, 6.07) is 15.9. The molecule has 9 nitrogen and oxygen atoms in total. The van der Waals surface area contributed by atoms with Crippen LogP contribution in [0.15, 0.2) is 58.7 Å². The number of nitrogens with zero attached hydrogens (tertiary/aromatic N) is 3. The fourth-order valence-corrected chi connectivity index (χ4v) is 5.39. The van der Waals surface area contributed by atoms with Gasteiger partial charge in [0.15, 0.2) is 5.88 Å². The Bertz CT molecular complexity index is 1410. The van der Waals surface area contributed by atoms with E-state index in [-0.39, 0.29) is 12.0 Å². The van der Waals surface area contributed by atoms with E-state index in [9.17, 15) is 9.90 Å². The smallest absolute Gasteiger partial charge is 0.410 e. The number of carbonyl (C=O) groups excluding carboxylic acids is 1. The minimum absolute atomic E-state index is 0.0582. The summed E-state index contributed by atoms with van der Waals surface area (Å²) in [5.74, 6) is 0.982. The molecule has 3 aromatic rings. The number of hydrogen-bond acceptors (Lipinski definition) is 7. The lowest BCUT2D eigenvalue weighted by Crippen LogP contribution is -2.39. The number of hydrogen-bond donors (Lipinski definition) is 3. The second kappa shape index (κ2) is 8.92. The number of amides is 1. The molecule has 2 fully saturated rings. The highest BCUT2D eigenvalue weighted by atomic mass is 16.6. The molecule has 2 aliphatic heterocycles. The number of likely N-dealkylation sites (tertiary alicyclic amines) is 1.